The standard InChI is InChI=1S/C26H37N5O4/c1-16-7-8-19(13-17(16)2)28-23(32)14-22-26(35)29-20-5-3-4-6-21(20)31(22)15-24(33)30-11-9-18(10-12-30)25(27)34/h7-8,13,18,20-22H,3-6,9-12,14-15H2,1-2H3,(H2,27,34)(H,28,32)(H,29,35)/t20-,21+,22-/m1/s1. The third-order valence-electron chi connectivity index (χ3n) is 7.92. The topological polar surface area (TPSA) is 125 Å². The molecule has 1 aromatic carbocycles. The lowest BCUT2D eigenvalue weighted by molar-refractivity contribution is -0.145. The maximum Gasteiger partial charge on any atom is 0.238 e. The van der Waals surface area contributed by atoms with Crippen LogP contribution in [-0.4, -0.2) is 71.2 Å². The van der Waals surface area contributed by atoms with Crippen molar-refractivity contribution in [1.82, 2.24) is 15.1 Å². The highest BCUT2D eigenvalue weighted by atomic mass is 16.2. The minimum atomic E-state index is -0.701. The second-order valence-electron chi connectivity index (χ2n) is 10.3. The number of amides is 4. The Labute approximate surface area is 206 Å². The van der Waals surface area contributed by atoms with Crippen LogP contribution in [0.25, 0.3) is 0 Å². The Morgan fingerprint density at radius 3 is 2.46 bits per heavy atom. The quantitative estimate of drug-likeness (QED) is 0.565. The molecular weight excluding hydrogens is 446 g/mol. The van der Waals surface area contributed by atoms with E-state index >= 15 is 0 Å². The van der Waals surface area contributed by atoms with E-state index in [2.05, 4.69) is 10.6 Å². The summed E-state index contributed by atoms with van der Waals surface area (Å²) in [5, 5.41) is 6.04. The lowest BCUT2D eigenvalue weighted by Gasteiger charge is -2.48. The number of piperazine rings is 1. The van der Waals surface area contributed by atoms with Crippen molar-refractivity contribution >= 4 is 29.3 Å². The number of likely N-dealkylation sites (tertiary alicyclic amines) is 1. The maximum atomic E-state index is 13.3. The van der Waals surface area contributed by atoms with Crippen molar-refractivity contribution in [2.75, 3.05) is 25.0 Å². The predicted octanol–water partition coefficient (Wildman–Crippen LogP) is 1.47. The molecule has 35 heavy (non-hydrogen) atoms. The molecule has 4 amide bonds. The summed E-state index contributed by atoms with van der Waals surface area (Å²) in [4.78, 5) is 54.5. The highest BCUT2D eigenvalue weighted by Crippen LogP contribution is 2.30. The molecule has 3 fully saturated rings. The summed E-state index contributed by atoms with van der Waals surface area (Å²) in [6.07, 6.45) is 4.96. The predicted molar refractivity (Wildman–Crippen MR) is 132 cm³/mol. The zero-order valence-electron chi connectivity index (χ0n) is 20.7. The first-order chi connectivity index (χ1) is 16.7. The van der Waals surface area contributed by atoms with Crippen LogP contribution < -0.4 is 16.4 Å². The van der Waals surface area contributed by atoms with Gasteiger partial charge in [0.15, 0.2) is 0 Å². The van der Waals surface area contributed by atoms with Gasteiger partial charge in [0.1, 0.15) is 0 Å². The molecule has 2 aliphatic heterocycles. The average molecular weight is 484 g/mol. The van der Waals surface area contributed by atoms with Crippen molar-refractivity contribution in [3.05, 3.63) is 29.3 Å². The number of hydrogen-bond donors (Lipinski definition) is 3. The van der Waals surface area contributed by atoms with Crippen LogP contribution in [0.5, 0.6) is 0 Å². The number of primary amides is 1. The van der Waals surface area contributed by atoms with Gasteiger partial charge in [0, 0.05) is 36.8 Å². The van der Waals surface area contributed by atoms with Gasteiger partial charge in [0.25, 0.3) is 0 Å². The number of carbonyl (C=O) groups excluding carboxylic acids is 4. The Balaban J connectivity index is 1.46. The van der Waals surface area contributed by atoms with Crippen LogP contribution in [0.4, 0.5) is 5.69 Å². The van der Waals surface area contributed by atoms with E-state index in [4.69, 9.17) is 5.73 Å². The number of carbonyl (C=O) groups is 4. The number of nitrogens with one attached hydrogen (secondary N) is 2. The number of hydrogen-bond acceptors (Lipinski definition) is 5. The van der Waals surface area contributed by atoms with Gasteiger partial charge in [-0.15, -0.1) is 0 Å². The van der Waals surface area contributed by atoms with Crippen LogP contribution in [0.2, 0.25) is 0 Å². The number of rotatable bonds is 6. The summed E-state index contributed by atoms with van der Waals surface area (Å²) in [6, 6.07) is 5.07. The van der Waals surface area contributed by atoms with Gasteiger partial charge in [-0.1, -0.05) is 18.9 Å². The third kappa shape index (κ3) is 5.83. The van der Waals surface area contributed by atoms with Gasteiger partial charge in [-0.2, -0.15) is 0 Å². The van der Waals surface area contributed by atoms with E-state index in [1.54, 1.807) is 4.90 Å². The molecule has 0 spiro atoms. The molecule has 0 unspecified atom stereocenters. The molecule has 3 aliphatic rings. The lowest BCUT2D eigenvalue weighted by atomic mass is 9.85. The summed E-state index contributed by atoms with van der Waals surface area (Å²) < 4.78 is 0. The van der Waals surface area contributed by atoms with Crippen molar-refractivity contribution in [2.45, 2.75) is 76.9 Å². The van der Waals surface area contributed by atoms with Crippen LogP contribution in [0, 0.1) is 19.8 Å². The first-order valence-corrected chi connectivity index (χ1v) is 12.7. The van der Waals surface area contributed by atoms with Crippen molar-refractivity contribution < 1.29 is 19.2 Å². The summed E-state index contributed by atoms with van der Waals surface area (Å²) in [5.41, 5.74) is 8.35. The van der Waals surface area contributed by atoms with Gasteiger partial charge in [-0.05, 0) is 62.8 Å². The Morgan fingerprint density at radius 2 is 1.77 bits per heavy atom. The first kappa shape index (κ1) is 25.2. The Hall–Kier alpha value is -2.94. The van der Waals surface area contributed by atoms with Crippen LogP contribution in [-0.2, 0) is 19.2 Å². The molecule has 1 saturated carbocycles. The van der Waals surface area contributed by atoms with Gasteiger partial charge >= 0.3 is 0 Å². The molecule has 4 N–H and O–H groups in total. The van der Waals surface area contributed by atoms with Crippen molar-refractivity contribution in [2.24, 2.45) is 11.7 Å². The second kappa shape index (κ2) is 10.8. The van der Waals surface area contributed by atoms with E-state index < -0.39 is 6.04 Å². The normalized spacial score (nSPS) is 25.5. The monoisotopic (exact) mass is 483 g/mol. The molecule has 0 radical (unpaired) electrons. The number of anilines is 1. The minimum absolute atomic E-state index is 0.00343. The minimum Gasteiger partial charge on any atom is -0.369 e. The summed E-state index contributed by atoms with van der Waals surface area (Å²) in [6.45, 7) is 5.07. The number of aryl methyl sites for hydroxylation is 2. The molecule has 0 aromatic heterocycles. The van der Waals surface area contributed by atoms with Gasteiger partial charge in [-0.3, -0.25) is 24.1 Å². The Morgan fingerprint density at radius 1 is 1.06 bits per heavy atom. The van der Waals surface area contributed by atoms with Crippen LogP contribution in [0.3, 0.4) is 0 Å². The molecule has 4 rings (SSSR count). The first-order valence-electron chi connectivity index (χ1n) is 12.7. The van der Waals surface area contributed by atoms with Gasteiger partial charge in [0.05, 0.1) is 19.0 Å². The number of nitrogens with zero attached hydrogens (tertiary/aromatic N) is 2. The number of piperidine rings is 1. The van der Waals surface area contributed by atoms with Gasteiger partial charge in [-0.25, -0.2) is 0 Å². The van der Waals surface area contributed by atoms with E-state index in [0.717, 1.165) is 36.8 Å². The second-order valence-corrected chi connectivity index (χ2v) is 10.3. The van der Waals surface area contributed by atoms with Crippen LogP contribution in [0.1, 0.15) is 56.1 Å². The van der Waals surface area contributed by atoms with E-state index in [0.29, 0.717) is 31.6 Å². The van der Waals surface area contributed by atoms with Crippen molar-refractivity contribution in [1.29, 1.82) is 0 Å². The van der Waals surface area contributed by atoms with E-state index in [-0.39, 0.29) is 54.6 Å². The lowest BCUT2D eigenvalue weighted by Crippen LogP contribution is -2.68. The zero-order chi connectivity index (χ0) is 25.1. The molecule has 9 heteroatoms. The average Bonchev–Trinajstić information content (AvgIpc) is 2.83. The number of nitrogens with two attached hydrogens (primary N) is 1. The zero-order valence-corrected chi connectivity index (χ0v) is 20.7. The molecule has 2 saturated heterocycles. The Kier molecular flexibility index (Phi) is 7.74. The Bertz CT molecular complexity index is 988. The highest BCUT2D eigenvalue weighted by Gasteiger charge is 2.44. The molecule has 9 nitrogen and oxygen atoms in total. The maximum absolute atomic E-state index is 13.3. The summed E-state index contributed by atoms with van der Waals surface area (Å²) in [7, 11) is 0. The highest BCUT2D eigenvalue weighted by molar-refractivity contribution is 5.96. The summed E-state index contributed by atoms with van der Waals surface area (Å²) in [5.74, 6) is -1.01. The summed E-state index contributed by atoms with van der Waals surface area (Å²) >= 11 is 0. The molecule has 1 aliphatic carbocycles. The van der Waals surface area contributed by atoms with Gasteiger partial charge in [0.2, 0.25) is 23.6 Å². The fourth-order valence-electron chi connectivity index (χ4n) is 5.65. The largest absolute Gasteiger partial charge is 0.369 e. The van der Waals surface area contributed by atoms with E-state index in [9.17, 15) is 19.2 Å². The molecule has 3 atom stereocenters. The van der Waals surface area contributed by atoms with Crippen LogP contribution in [0.15, 0.2) is 18.2 Å². The fraction of sp³-hybridized carbons (Fsp3) is 0.615. The van der Waals surface area contributed by atoms with Crippen LogP contribution >= 0.6 is 0 Å². The SMILES string of the molecule is Cc1ccc(NC(=O)C[C@@H]2C(=O)N[C@@H]3CCCC[C@@H]3N2CC(=O)N2CCC(C(N)=O)CC2)cc1C. The molecule has 2 heterocycles. The van der Waals surface area contributed by atoms with Crippen molar-refractivity contribution in [3.63, 3.8) is 0 Å². The van der Waals surface area contributed by atoms with E-state index in [1.165, 1.54) is 0 Å². The molecule has 0 bridgehead atoms. The molecule has 1 aromatic rings. The number of benzene rings is 1. The van der Waals surface area contributed by atoms with E-state index in [1.807, 2.05) is 36.9 Å². The van der Waals surface area contributed by atoms with Gasteiger partial charge < -0.3 is 21.3 Å². The van der Waals surface area contributed by atoms with Crippen molar-refractivity contribution in [3.8, 4) is 0 Å². The molecule has 190 valence electrons. The molecular formula is C26H37N5O4. The third-order valence-corrected chi connectivity index (χ3v) is 7.92. The fourth-order valence-corrected chi connectivity index (χ4v) is 5.65. The smallest absolute Gasteiger partial charge is 0.238 e. The number of fused-ring (bicyclic) bond motifs is 1.